The first-order chi connectivity index (χ1) is 12.8. The highest BCUT2D eigenvalue weighted by Crippen LogP contribution is 2.23. The molecule has 0 heterocycles. The van der Waals surface area contributed by atoms with E-state index in [9.17, 15) is 13.2 Å². The van der Waals surface area contributed by atoms with Crippen molar-refractivity contribution in [2.24, 2.45) is 0 Å². The van der Waals surface area contributed by atoms with Gasteiger partial charge >= 0.3 is 0 Å². The molecular formula is C19H24N2O5S. The van der Waals surface area contributed by atoms with E-state index in [0.29, 0.717) is 17.2 Å². The summed E-state index contributed by atoms with van der Waals surface area (Å²) in [6.45, 7) is 2.08. The first-order valence-electron chi connectivity index (χ1n) is 8.42. The van der Waals surface area contributed by atoms with Crippen LogP contribution in [0.4, 0.5) is 5.69 Å². The van der Waals surface area contributed by atoms with E-state index in [2.05, 4.69) is 5.32 Å². The predicted octanol–water partition coefficient (Wildman–Crippen LogP) is 2.04. The van der Waals surface area contributed by atoms with Crippen molar-refractivity contribution in [1.82, 2.24) is 5.32 Å². The molecule has 0 aliphatic heterocycles. The van der Waals surface area contributed by atoms with Gasteiger partial charge in [0, 0.05) is 0 Å². The SMILES string of the molecule is COc1ccc(N(C(C)C(=O)NCCOc2ccccc2)S(C)(=O)=O)cc1. The molecule has 8 heteroatoms. The molecular weight excluding hydrogens is 368 g/mol. The molecule has 0 spiro atoms. The van der Waals surface area contributed by atoms with E-state index >= 15 is 0 Å². The van der Waals surface area contributed by atoms with Crippen molar-refractivity contribution in [2.75, 3.05) is 30.8 Å². The van der Waals surface area contributed by atoms with Gasteiger partial charge in [-0.3, -0.25) is 9.10 Å². The number of para-hydroxylation sites is 1. The van der Waals surface area contributed by atoms with Gasteiger partial charge in [0.25, 0.3) is 0 Å². The van der Waals surface area contributed by atoms with Crippen molar-refractivity contribution in [3.8, 4) is 11.5 Å². The van der Waals surface area contributed by atoms with Crippen LogP contribution in [0.5, 0.6) is 11.5 Å². The molecule has 0 aromatic heterocycles. The van der Waals surface area contributed by atoms with Crippen LogP contribution in [0.15, 0.2) is 54.6 Å². The maximum atomic E-state index is 12.4. The molecule has 1 N–H and O–H groups in total. The summed E-state index contributed by atoms with van der Waals surface area (Å²) in [5.41, 5.74) is 0.390. The monoisotopic (exact) mass is 392 g/mol. The average molecular weight is 392 g/mol. The van der Waals surface area contributed by atoms with E-state index < -0.39 is 22.0 Å². The summed E-state index contributed by atoms with van der Waals surface area (Å²) in [7, 11) is -2.13. The van der Waals surface area contributed by atoms with Crippen LogP contribution in [0.25, 0.3) is 0 Å². The minimum atomic E-state index is -3.65. The topological polar surface area (TPSA) is 84.9 Å². The molecule has 27 heavy (non-hydrogen) atoms. The Bertz CT molecular complexity index is 838. The van der Waals surface area contributed by atoms with Crippen molar-refractivity contribution in [2.45, 2.75) is 13.0 Å². The smallest absolute Gasteiger partial charge is 0.243 e. The Morgan fingerprint density at radius 3 is 2.26 bits per heavy atom. The Morgan fingerprint density at radius 2 is 1.70 bits per heavy atom. The number of methoxy groups -OCH3 is 1. The Morgan fingerprint density at radius 1 is 1.07 bits per heavy atom. The number of nitrogens with zero attached hydrogens (tertiary/aromatic N) is 1. The van der Waals surface area contributed by atoms with Crippen LogP contribution in [0.3, 0.4) is 0 Å². The summed E-state index contributed by atoms with van der Waals surface area (Å²) in [6.07, 6.45) is 1.07. The fraction of sp³-hybridized carbons (Fsp3) is 0.316. The second kappa shape index (κ2) is 9.27. The van der Waals surface area contributed by atoms with E-state index in [1.54, 1.807) is 31.2 Å². The minimum Gasteiger partial charge on any atom is -0.497 e. The molecule has 0 aliphatic carbocycles. The normalized spacial score (nSPS) is 12.1. The van der Waals surface area contributed by atoms with E-state index in [-0.39, 0.29) is 13.2 Å². The zero-order chi connectivity index (χ0) is 19.9. The number of nitrogens with one attached hydrogen (secondary N) is 1. The highest BCUT2D eigenvalue weighted by Gasteiger charge is 2.28. The number of amides is 1. The standard InChI is InChI=1S/C19H24N2O5S/c1-15(19(22)20-13-14-26-18-7-5-4-6-8-18)21(27(3,23)24)16-9-11-17(25-2)12-10-16/h4-12,15H,13-14H2,1-3H3,(H,20,22). The van der Waals surface area contributed by atoms with Crippen LogP contribution < -0.4 is 19.1 Å². The van der Waals surface area contributed by atoms with Crippen molar-refractivity contribution in [3.63, 3.8) is 0 Å². The summed E-state index contributed by atoms with van der Waals surface area (Å²) in [4.78, 5) is 12.4. The molecule has 0 aliphatic rings. The van der Waals surface area contributed by atoms with Crippen molar-refractivity contribution < 1.29 is 22.7 Å². The molecule has 1 atom stereocenters. The Kier molecular flexibility index (Phi) is 7.06. The molecule has 2 aromatic carbocycles. The fourth-order valence-electron chi connectivity index (χ4n) is 2.55. The number of sulfonamides is 1. The highest BCUT2D eigenvalue weighted by atomic mass is 32.2. The number of carbonyl (C=O) groups is 1. The number of hydrogen-bond acceptors (Lipinski definition) is 5. The maximum Gasteiger partial charge on any atom is 0.243 e. The summed E-state index contributed by atoms with van der Waals surface area (Å²) in [5, 5.41) is 2.70. The molecule has 0 fully saturated rings. The van der Waals surface area contributed by atoms with Crippen LogP contribution in [0.2, 0.25) is 0 Å². The molecule has 2 rings (SSSR count). The van der Waals surface area contributed by atoms with E-state index in [0.717, 1.165) is 10.6 Å². The summed E-state index contributed by atoms with van der Waals surface area (Å²) >= 11 is 0. The van der Waals surface area contributed by atoms with E-state index in [4.69, 9.17) is 9.47 Å². The summed E-state index contributed by atoms with van der Waals surface area (Å²) in [6, 6.07) is 14.8. The quantitative estimate of drug-likeness (QED) is 0.660. The molecule has 1 unspecified atom stereocenters. The molecule has 7 nitrogen and oxygen atoms in total. The van der Waals surface area contributed by atoms with Gasteiger partial charge in [-0.25, -0.2) is 8.42 Å². The lowest BCUT2D eigenvalue weighted by Crippen LogP contribution is -2.48. The number of rotatable bonds is 9. The van der Waals surface area contributed by atoms with Crippen LogP contribution in [-0.2, 0) is 14.8 Å². The fourth-order valence-corrected chi connectivity index (χ4v) is 3.72. The van der Waals surface area contributed by atoms with Crippen molar-refractivity contribution in [3.05, 3.63) is 54.6 Å². The first-order valence-corrected chi connectivity index (χ1v) is 10.3. The van der Waals surface area contributed by atoms with Crippen LogP contribution in [-0.4, -0.2) is 46.9 Å². The first kappa shape index (κ1) is 20.6. The number of carbonyl (C=O) groups excluding carboxylic acids is 1. The number of hydrogen-bond donors (Lipinski definition) is 1. The Labute approximate surface area is 160 Å². The maximum absolute atomic E-state index is 12.4. The van der Waals surface area contributed by atoms with Crippen LogP contribution in [0.1, 0.15) is 6.92 Å². The van der Waals surface area contributed by atoms with Gasteiger partial charge < -0.3 is 14.8 Å². The number of ether oxygens (including phenoxy) is 2. The second-order valence-corrected chi connectivity index (χ2v) is 7.74. The Balaban J connectivity index is 1.99. The third-order valence-electron chi connectivity index (χ3n) is 3.83. The molecule has 146 valence electrons. The zero-order valence-electron chi connectivity index (χ0n) is 15.6. The van der Waals surface area contributed by atoms with Gasteiger partial charge in [-0.1, -0.05) is 18.2 Å². The van der Waals surface area contributed by atoms with E-state index in [1.165, 1.54) is 7.11 Å². The molecule has 0 saturated heterocycles. The third kappa shape index (κ3) is 5.89. The lowest BCUT2D eigenvalue weighted by Gasteiger charge is -2.28. The van der Waals surface area contributed by atoms with Gasteiger partial charge in [-0.15, -0.1) is 0 Å². The van der Waals surface area contributed by atoms with Gasteiger partial charge in [0.2, 0.25) is 15.9 Å². The predicted molar refractivity (Wildman–Crippen MR) is 105 cm³/mol. The highest BCUT2D eigenvalue weighted by molar-refractivity contribution is 7.92. The molecule has 2 aromatic rings. The van der Waals surface area contributed by atoms with Gasteiger partial charge in [0.15, 0.2) is 0 Å². The van der Waals surface area contributed by atoms with Crippen LogP contribution in [0, 0.1) is 0 Å². The minimum absolute atomic E-state index is 0.262. The lowest BCUT2D eigenvalue weighted by molar-refractivity contribution is -0.121. The molecule has 0 bridgehead atoms. The van der Waals surface area contributed by atoms with Crippen LogP contribution >= 0.6 is 0 Å². The Hall–Kier alpha value is -2.74. The van der Waals surface area contributed by atoms with E-state index in [1.807, 2.05) is 30.3 Å². The summed E-state index contributed by atoms with van der Waals surface area (Å²) in [5.74, 6) is 0.895. The van der Waals surface area contributed by atoms with Gasteiger partial charge in [-0.05, 0) is 43.3 Å². The van der Waals surface area contributed by atoms with Crippen molar-refractivity contribution in [1.29, 1.82) is 0 Å². The van der Waals surface area contributed by atoms with Gasteiger partial charge in [-0.2, -0.15) is 0 Å². The molecule has 1 amide bonds. The largest absolute Gasteiger partial charge is 0.497 e. The number of anilines is 1. The van der Waals surface area contributed by atoms with Gasteiger partial charge in [0.1, 0.15) is 24.1 Å². The lowest BCUT2D eigenvalue weighted by atomic mass is 10.2. The zero-order valence-corrected chi connectivity index (χ0v) is 16.4. The number of benzene rings is 2. The van der Waals surface area contributed by atoms with Gasteiger partial charge in [0.05, 0.1) is 25.6 Å². The summed E-state index contributed by atoms with van der Waals surface area (Å²) < 4.78 is 36.2. The van der Waals surface area contributed by atoms with Crippen molar-refractivity contribution >= 4 is 21.6 Å². The third-order valence-corrected chi connectivity index (χ3v) is 5.07. The molecule has 0 saturated carbocycles. The second-order valence-electron chi connectivity index (χ2n) is 5.89. The molecule has 0 radical (unpaired) electrons. The average Bonchev–Trinajstić information content (AvgIpc) is 2.65.